The van der Waals surface area contributed by atoms with Gasteiger partial charge >= 0.3 is 0 Å². The number of nitrogens with zero attached hydrogens (tertiary/aromatic N) is 4. The molecule has 2 aromatic carbocycles. The van der Waals surface area contributed by atoms with Crippen molar-refractivity contribution in [3.05, 3.63) is 84.3 Å². The first-order chi connectivity index (χ1) is 12.7. The Kier molecular flexibility index (Phi) is 4.27. The molecule has 0 aliphatic rings. The number of fused-ring (bicyclic) bond motifs is 1. The second kappa shape index (κ2) is 6.88. The molecule has 0 saturated carbocycles. The van der Waals surface area contributed by atoms with Gasteiger partial charge in [0, 0.05) is 11.8 Å². The van der Waals surface area contributed by atoms with Gasteiger partial charge in [0.25, 0.3) is 0 Å². The molecule has 0 radical (unpaired) electrons. The second-order valence-electron chi connectivity index (χ2n) is 5.94. The van der Waals surface area contributed by atoms with Gasteiger partial charge in [-0.05, 0) is 48.4 Å². The molecule has 4 aromatic rings. The Morgan fingerprint density at radius 1 is 0.923 bits per heavy atom. The Morgan fingerprint density at radius 2 is 1.69 bits per heavy atom. The zero-order valence-electron chi connectivity index (χ0n) is 14.3. The number of aromatic nitrogens is 2. The summed E-state index contributed by atoms with van der Waals surface area (Å²) in [6.45, 7) is 2.13. The van der Waals surface area contributed by atoms with E-state index >= 15 is 0 Å². The Morgan fingerprint density at radius 3 is 2.42 bits per heavy atom. The lowest BCUT2D eigenvalue weighted by Gasteiger charge is -2.01. The molecule has 0 amide bonds. The van der Waals surface area contributed by atoms with E-state index in [4.69, 9.17) is 4.98 Å². The Balaban J connectivity index is 1.82. The van der Waals surface area contributed by atoms with Gasteiger partial charge in [0.05, 0.1) is 5.69 Å². The van der Waals surface area contributed by atoms with Crippen LogP contribution in [0.1, 0.15) is 12.5 Å². The van der Waals surface area contributed by atoms with Gasteiger partial charge < -0.3 is 0 Å². The number of pyridine rings is 1. The third-order valence-corrected chi connectivity index (χ3v) is 4.23. The lowest BCUT2D eigenvalue weighted by Crippen LogP contribution is -1.83. The number of azo groups is 1. The van der Waals surface area contributed by atoms with Crippen molar-refractivity contribution in [2.75, 3.05) is 0 Å². The van der Waals surface area contributed by atoms with Gasteiger partial charge in [0.1, 0.15) is 17.2 Å². The molecule has 0 spiro atoms. The normalized spacial score (nSPS) is 11.5. The molecular weight excluding hydrogens is 327 g/mol. The van der Waals surface area contributed by atoms with Crippen LogP contribution in [0.4, 0.5) is 15.9 Å². The largest absolute Gasteiger partial charge is 0.283 e. The van der Waals surface area contributed by atoms with Crippen molar-refractivity contribution in [1.82, 2.24) is 9.38 Å². The molecule has 4 nitrogen and oxygen atoms in total. The standard InChI is InChI=1S/C21H17FN4/c1-2-15-6-8-16(9-7-15)20-21(26-14-4-3-5-19(26)23-20)25-24-18-12-10-17(22)11-13-18/h3-14H,2H2,1H3. The van der Waals surface area contributed by atoms with Gasteiger partial charge in [-0.15, -0.1) is 10.2 Å². The summed E-state index contributed by atoms with van der Waals surface area (Å²) >= 11 is 0. The molecule has 2 heterocycles. The van der Waals surface area contributed by atoms with Crippen LogP contribution in [0, 0.1) is 5.82 Å². The Hall–Kier alpha value is -3.34. The summed E-state index contributed by atoms with van der Waals surface area (Å²) in [5.74, 6) is 0.352. The van der Waals surface area contributed by atoms with Gasteiger partial charge in [-0.2, -0.15) is 0 Å². The van der Waals surface area contributed by atoms with Crippen molar-refractivity contribution in [1.29, 1.82) is 0 Å². The van der Waals surface area contributed by atoms with Gasteiger partial charge in [0.15, 0.2) is 5.82 Å². The van der Waals surface area contributed by atoms with E-state index in [-0.39, 0.29) is 5.82 Å². The van der Waals surface area contributed by atoms with Crippen LogP contribution in [0.3, 0.4) is 0 Å². The fraction of sp³-hybridized carbons (Fsp3) is 0.0952. The summed E-state index contributed by atoms with van der Waals surface area (Å²) in [5.41, 5.74) is 4.41. The average molecular weight is 344 g/mol. The van der Waals surface area contributed by atoms with Gasteiger partial charge in [-0.1, -0.05) is 37.3 Å². The first kappa shape index (κ1) is 16.1. The van der Waals surface area contributed by atoms with Crippen LogP contribution in [0.15, 0.2) is 83.2 Å². The van der Waals surface area contributed by atoms with E-state index in [0.29, 0.717) is 11.5 Å². The molecule has 0 bridgehead atoms. The fourth-order valence-electron chi connectivity index (χ4n) is 2.78. The van der Waals surface area contributed by atoms with Crippen LogP contribution in [0.25, 0.3) is 16.9 Å². The molecule has 0 atom stereocenters. The van der Waals surface area contributed by atoms with Crippen molar-refractivity contribution < 1.29 is 4.39 Å². The average Bonchev–Trinajstić information content (AvgIpc) is 3.06. The molecule has 0 aliphatic carbocycles. The summed E-state index contributed by atoms with van der Waals surface area (Å²) < 4.78 is 15.0. The third kappa shape index (κ3) is 3.11. The number of hydrogen-bond donors (Lipinski definition) is 0. The van der Waals surface area contributed by atoms with Crippen molar-refractivity contribution in [3.63, 3.8) is 0 Å². The Labute approximate surface area is 150 Å². The lowest BCUT2D eigenvalue weighted by atomic mass is 10.1. The number of rotatable bonds is 4. The number of imidazole rings is 1. The van der Waals surface area contributed by atoms with Crippen LogP contribution in [-0.4, -0.2) is 9.38 Å². The van der Waals surface area contributed by atoms with Crippen LogP contribution in [0.5, 0.6) is 0 Å². The Bertz CT molecular complexity index is 1060. The minimum Gasteiger partial charge on any atom is -0.283 e. The minimum atomic E-state index is -0.296. The number of hydrogen-bond acceptors (Lipinski definition) is 3. The molecule has 0 fully saturated rings. The number of halogens is 1. The highest BCUT2D eigenvalue weighted by Crippen LogP contribution is 2.32. The predicted octanol–water partition coefficient (Wildman–Crippen LogP) is 6.12. The summed E-state index contributed by atoms with van der Waals surface area (Å²) in [7, 11) is 0. The van der Waals surface area contributed by atoms with Crippen LogP contribution in [-0.2, 0) is 6.42 Å². The van der Waals surface area contributed by atoms with E-state index in [1.165, 1.54) is 17.7 Å². The molecule has 0 saturated heterocycles. The maximum atomic E-state index is 13.1. The van der Waals surface area contributed by atoms with Crippen LogP contribution < -0.4 is 0 Å². The molecule has 128 valence electrons. The first-order valence-corrected chi connectivity index (χ1v) is 8.48. The predicted molar refractivity (Wildman–Crippen MR) is 101 cm³/mol. The van der Waals surface area contributed by atoms with Crippen LogP contribution in [0.2, 0.25) is 0 Å². The van der Waals surface area contributed by atoms with Crippen LogP contribution >= 0.6 is 0 Å². The second-order valence-corrected chi connectivity index (χ2v) is 5.94. The van der Waals surface area contributed by atoms with E-state index in [1.54, 1.807) is 12.1 Å². The van der Waals surface area contributed by atoms with Gasteiger partial charge in [-0.25, -0.2) is 9.37 Å². The number of benzene rings is 2. The molecule has 0 N–H and O–H groups in total. The van der Waals surface area contributed by atoms with E-state index in [2.05, 4.69) is 41.4 Å². The highest BCUT2D eigenvalue weighted by Gasteiger charge is 2.13. The smallest absolute Gasteiger partial charge is 0.187 e. The topological polar surface area (TPSA) is 42.0 Å². The van der Waals surface area contributed by atoms with E-state index in [9.17, 15) is 4.39 Å². The third-order valence-electron chi connectivity index (χ3n) is 4.23. The van der Waals surface area contributed by atoms with Crippen molar-refractivity contribution in [3.8, 4) is 11.3 Å². The lowest BCUT2D eigenvalue weighted by molar-refractivity contribution is 0.628. The zero-order chi connectivity index (χ0) is 17.9. The summed E-state index contributed by atoms with van der Waals surface area (Å²) in [5, 5.41) is 8.67. The van der Waals surface area contributed by atoms with Gasteiger partial charge in [-0.3, -0.25) is 4.40 Å². The van der Waals surface area contributed by atoms with Crippen molar-refractivity contribution >= 4 is 17.2 Å². The molecule has 0 unspecified atom stereocenters. The quantitative estimate of drug-likeness (QED) is 0.411. The maximum absolute atomic E-state index is 13.1. The highest BCUT2D eigenvalue weighted by molar-refractivity contribution is 5.74. The first-order valence-electron chi connectivity index (χ1n) is 8.48. The SMILES string of the molecule is CCc1ccc(-c2nc3ccccn3c2N=Nc2ccc(F)cc2)cc1. The molecule has 0 aliphatic heterocycles. The van der Waals surface area contributed by atoms with Crippen molar-refractivity contribution in [2.24, 2.45) is 10.2 Å². The molecule has 5 heteroatoms. The summed E-state index contributed by atoms with van der Waals surface area (Å²) in [6.07, 6.45) is 2.90. The molecule has 4 rings (SSSR count). The van der Waals surface area contributed by atoms with E-state index in [1.807, 2.05) is 28.8 Å². The fourth-order valence-corrected chi connectivity index (χ4v) is 2.78. The monoisotopic (exact) mass is 344 g/mol. The molecular formula is C21H17FN4. The van der Waals surface area contributed by atoms with Gasteiger partial charge in [0.2, 0.25) is 0 Å². The highest BCUT2D eigenvalue weighted by atomic mass is 19.1. The minimum absolute atomic E-state index is 0.296. The molecule has 2 aromatic heterocycles. The zero-order valence-corrected chi connectivity index (χ0v) is 14.3. The summed E-state index contributed by atoms with van der Waals surface area (Å²) in [6, 6.07) is 20.0. The number of aryl methyl sites for hydroxylation is 1. The maximum Gasteiger partial charge on any atom is 0.187 e. The van der Waals surface area contributed by atoms with Crippen molar-refractivity contribution in [2.45, 2.75) is 13.3 Å². The molecule has 26 heavy (non-hydrogen) atoms. The van der Waals surface area contributed by atoms with E-state index in [0.717, 1.165) is 23.3 Å². The summed E-state index contributed by atoms with van der Waals surface area (Å²) in [4.78, 5) is 4.71. The van der Waals surface area contributed by atoms with E-state index < -0.39 is 0 Å².